The van der Waals surface area contributed by atoms with E-state index in [1.165, 1.54) is 5.56 Å². The molecule has 1 aliphatic rings. The fourth-order valence-corrected chi connectivity index (χ4v) is 5.67. The normalized spacial score (nSPS) is 15.2. The minimum absolute atomic E-state index is 0.137. The molecule has 200 valence electrons. The number of H-pyrrole nitrogens is 1. The zero-order chi connectivity index (χ0) is 27.1. The van der Waals surface area contributed by atoms with Gasteiger partial charge >= 0.3 is 0 Å². The molecule has 1 saturated heterocycles. The summed E-state index contributed by atoms with van der Waals surface area (Å²) in [6.07, 6.45) is 1.63. The molecule has 1 aliphatic heterocycles. The molecule has 10 heteroatoms. The molecule has 2 aromatic carbocycles. The molecule has 0 unspecified atom stereocenters. The highest BCUT2D eigenvalue weighted by molar-refractivity contribution is 6.30. The highest BCUT2D eigenvalue weighted by atomic mass is 35.5. The van der Waals surface area contributed by atoms with Crippen LogP contribution in [0, 0.1) is 20.8 Å². The summed E-state index contributed by atoms with van der Waals surface area (Å²) in [5.41, 5.74) is 5.80. The molecule has 9 nitrogen and oxygen atoms in total. The maximum atomic E-state index is 13.7. The van der Waals surface area contributed by atoms with Crippen LogP contribution in [-0.4, -0.2) is 56.3 Å². The lowest BCUT2D eigenvalue weighted by atomic mass is 9.99. The molecule has 0 spiro atoms. The predicted molar refractivity (Wildman–Crippen MR) is 151 cm³/mol. The maximum Gasteiger partial charge on any atom is 0.253 e. The number of benzene rings is 2. The summed E-state index contributed by atoms with van der Waals surface area (Å²) in [6.45, 7) is 9.53. The van der Waals surface area contributed by atoms with Crippen LogP contribution in [0.25, 0.3) is 10.9 Å². The number of aromatic amines is 1. The Kier molecular flexibility index (Phi) is 6.70. The number of furan rings is 1. The lowest BCUT2D eigenvalue weighted by Crippen LogP contribution is -2.49. The largest absolute Gasteiger partial charge is 0.467 e. The van der Waals surface area contributed by atoms with Crippen molar-refractivity contribution in [1.82, 2.24) is 30.1 Å². The van der Waals surface area contributed by atoms with E-state index < -0.39 is 6.04 Å². The molecule has 0 saturated carbocycles. The van der Waals surface area contributed by atoms with Crippen LogP contribution in [0.5, 0.6) is 0 Å². The standard InChI is InChI=1S/C29H30ClN7O2/c1-18-6-7-20(3)26-23(18)16-24(29(38)31-26)27(28-32-33-34-37(28)17-22-5-4-14-39-22)36-12-10-35(11-13-36)25-15-21(30)9-8-19(25)2/h4-9,14-16,27H,10-13,17H2,1-3H3,(H,31,38)/t27-/m1/s1. The predicted octanol–water partition coefficient (Wildman–Crippen LogP) is 4.65. The molecule has 6 rings (SSSR count). The molecular weight excluding hydrogens is 514 g/mol. The zero-order valence-electron chi connectivity index (χ0n) is 22.2. The van der Waals surface area contributed by atoms with E-state index in [0.717, 1.165) is 51.6 Å². The Hall–Kier alpha value is -3.95. The first kappa shape index (κ1) is 25.3. The molecule has 0 amide bonds. The van der Waals surface area contributed by atoms with Crippen LogP contribution in [0.2, 0.25) is 5.02 Å². The molecule has 0 bridgehead atoms. The second kappa shape index (κ2) is 10.3. The van der Waals surface area contributed by atoms with E-state index in [1.54, 1.807) is 10.9 Å². The SMILES string of the molecule is Cc1ccc(Cl)cc1N1CCN([C@H](c2cc3c(C)ccc(C)c3[nH]c2=O)c2nnnn2Cc2ccco2)CC1. The number of rotatable bonds is 6. The zero-order valence-corrected chi connectivity index (χ0v) is 22.9. The molecule has 3 aromatic heterocycles. The summed E-state index contributed by atoms with van der Waals surface area (Å²) in [5, 5.41) is 14.5. The molecule has 1 N–H and O–H groups in total. The summed E-state index contributed by atoms with van der Waals surface area (Å²) in [7, 11) is 0. The number of hydrogen-bond acceptors (Lipinski definition) is 7. The van der Waals surface area contributed by atoms with E-state index in [9.17, 15) is 4.79 Å². The second-order valence-electron chi connectivity index (χ2n) is 10.2. The highest BCUT2D eigenvalue weighted by Crippen LogP contribution is 2.31. The van der Waals surface area contributed by atoms with Gasteiger partial charge in [0.25, 0.3) is 5.56 Å². The third-order valence-electron chi connectivity index (χ3n) is 7.65. The van der Waals surface area contributed by atoms with Gasteiger partial charge in [0, 0.05) is 47.8 Å². The third-order valence-corrected chi connectivity index (χ3v) is 7.88. The fourth-order valence-electron chi connectivity index (χ4n) is 5.51. The van der Waals surface area contributed by atoms with Crippen molar-refractivity contribution in [3.05, 3.63) is 104 Å². The van der Waals surface area contributed by atoms with Crippen LogP contribution in [0.15, 0.2) is 64.0 Å². The number of pyridine rings is 1. The van der Waals surface area contributed by atoms with Crippen molar-refractivity contribution in [2.45, 2.75) is 33.4 Å². The van der Waals surface area contributed by atoms with Gasteiger partial charge in [-0.2, -0.15) is 0 Å². The number of aryl methyl sites for hydroxylation is 3. The number of anilines is 1. The number of nitrogens with one attached hydrogen (secondary N) is 1. The second-order valence-corrected chi connectivity index (χ2v) is 10.6. The van der Waals surface area contributed by atoms with Crippen LogP contribution in [0.1, 0.15) is 39.9 Å². The molecule has 0 aliphatic carbocycles. The Morgan fingerprint density at radius 2 is 1.77 bits per heavy atom. The van der Waals surface area contributed by atoms with Crippen molar-refractivity contribution >= 4 is 28.2 Å². The Morgan fingerprint density at radius 3 is 2.54 bits per heavy atom. The Morgan fingerprint density at radius 1 is 1.00 bits per heavy atom. The highest BCUT2D eigenvalue weighted by Gasteiger charge is 2.33. The Bertz CT molecular complexity index is 1680. The summed E-state index contributed by atoms with van der Waals surface area (Å²) in [5.74, 6) is 1.34. The molecule has 1 atom stereocenters. The smallest absolute Gasteiger partial charge is 0.253 e. The van der Waals surface area contributed by atoms with Crippen molar-refractivity contribution in [1.29, 1.82) is 0 Å². The summed E-state index contributed by atoms with van der Waals surface area (Å²) >= 11 is 6.32. The van der Waals surface area contributed by atoms with E-state index in [4.69, 9.17) is 16.0 Å². The Labute approximate surface area is 231 Å². The monoisotopic (exact) mass is 543 g/mol. The molecule has 39 heavy (non-hydrogen) atoms. The van der Waals surface area contributed by atoms with Crippen molar-refractivity contribution < 1.29 is 4.42 Å². The van der Waals surface area contributed by atoms with Gasteiger partial charge < -0.3 is 14.3 Å². The molecule has 0 radical (unpaired) electrons. The van der Waals surface area contributed by atoms with Gasteiger partial charge in [-0.25, -0.2) is 4.68 Å². The molecular formula is C29H30ClN7O2. The van der Waals surface area contributed by atoms with Gasteiger partial charge in [0.1, 0.15) is 18.3 Å². The number of aromatic nitrogens is 5. The summed E-state index contributed by atoms with van der Waals surface area (Å²) < 4.78 is 7.30. The van der Waals surface area contributed by atoms with Crippen molar-refractivity contribution in [2.24, 2.45) is 0 Å². The minimum atomic E-state index is -0.439. The average Bonchev–Trinajstić information content (AvgIpc) is 3.62. The molecule has 4 heterocycles. The van der Waals surface area contributed by atoms with E-state index in [1.807, 2.05) is 43.3 Å². The van der Waals surface area contributed by atoms with Gasteiger partial charge in [-0.3, -0.25) is 9.69 Å². The van der Waals surface area contributed by atoms with Crippen molar-refractivity contribution in [2.75, 3.05) is 31.1 Å². The maximum absolute atomic E-state index is 13.7. The quantitative estimate of drug-likeness (QED) is 0.333. The van der Waals surface area contributed by atoms with Crippen molar-refractivity contribution in [3.63, 3.8) is 0 Å². The van der Waals surface area contributed by atoms with Gasteiger partial charge in [0.2, 0.25) is 0 Å². The molecule has 5 aromatic rings. The fraction of sp³-hybridized carbons (Fsp3) is 0.310. The van der Waals surface area contributed by atoms with Crippen LogP contribution in [0.4, 0.5) is 5.69 Å². The number of fused-ring (bicyclic) bond motifs is 1. The lowest BCUT2D eigenvalue weighted by Gasteiger charge is -2.40. The first-order valence-electron chi connectivity index (χ1n) is 13.1. The van der Waals surface area contributed by atoms with Gasteiger partial charge in [0.15, 0.2) is 5.82 Å². The van der Waals surface area contributed by atoms with Gasteiger partial charge in [-0.15, -0.1) is 5.10 Å². The Balaban J connectivity index is 1.41. The summed E-state index contributed by atoms with van der Waals surface area (Å²) in [6, 6.07) is 15.4. The summed E-state index contributed by atoms with van der Waals surface area (Å²) in [4.78, 5) is 21.5. The van der Waals surface area contributed by atoms with E-state index in [0.29, 0.717) is 31.0 Å². The van der Waals surface area contributed by atoms with E-state index in [-0.39, 0.29) is 5.56 Å². The number of nitrogens with zero attached hydrogens (tertiary/aromatic N) is 6. The van der Waals surface area contributed by atoms with Crippen LogP contribution < -0.4 is 10.5 Å². The first-order valence-corrected chi connectivity index (χ1v) is 13.4. The van der Waals surface area contributed by atoms with Crippen LogP contribution in [0.3, 0.4) is 0 Å². The number of tetrazole rings is 1. The molecule has 1 fully saturated rings. The lowest BCUT2D eigenvalue weighted by molar-refractivity contribution is 0.200. The van der Waals surface area contributed by atoms with Gasteiger partial charge in [0.05, 0.1) is 11.8 Å². The minimum Gasteiger partial charge on any atom is -0.467 e. The number of hydrogen-bond donors (Lipinski definition) is 1. The third kappa shape index (κ3) is 4.84. The van der Waals surface area contributed by atoms with E-state index in [2.05, 4.69) is 56.3 Å². The average molecular weight is 544 g/mol. The van der Waals surface area contributed by atoms with Crippen LogP contribution in [-0.2, 0) is 6.54 Å². The van der Waals surface area contributed by atoms with E-state index >= 15 is 0 Å². The topological polar surface area (TPSA) is 96.1 Å². The van der Waals surface area contributed by atoms with Gasteiger partial charge in [-0.05, 0) is 78.2 Å². The van der Waals surface area contributed by atoms with Crippen LogP contribution >= 0.6 is 11.6 Å². The number of halogens is 1. The first-order chi connectivity index (χ1) is 18.9. The number of piperazine rings is 1. The van der Waals surface area contributed by atoms with Crippen molar-refractivity contribution in [3.8, 4) is 0 Å². The van der Waals surface area contributed by atoms with Gasteiger partial charge in [-0.1, -0.05) is 29.8 Å².